The molecule has 0 bridgehead atoms. The highest BCUT2D eigenvalue weighted by Gasteiger charge is 2.27. The molecule has 2 heterocycles. The van der Waals surface area contributed by atoms with Crippen LogP contribution in [0.3, 0.4) is 0 Å². The van der Waals surface area contributed by atoms with Gasteiger partial charge in [0.1, 0.15) is 6.33 Å². The number of rotatable bonds is 5. The van der Waals surface area contributed by atoms with Crippen LogP contribution < -0.4 is 5.73 Å². The Bertz CT molecular complexity index is 641. The van der Waals surface area contributed by atoms with Crippen LogP contribution in [0.25, 0.3) is 11.1 Å². The zero-order chi connectivity index (χ0) is 16.1. The SMILES string of the molecule is C=CCN1CCCC[C@H]1[C@@H](N)c1cccc(-c2cncnc2)c1. The van der Waals surface area contributed by atoms with Crippen molar-refractivity contribution < 1.29 is 0 Å². The van der Waals surface area contributed by atoms with Gasteiger partial charge in [-0.2, -0.15) is 0 Å². The van der Waals surface area contributed by atoms with Gasteiger partial charge in [-0.1, -0.05) is 30.7 Å². The molecule has 0 spiro atoms. The summed E-state index contributed by atoms with van der Waals surface area (Å²) in [7, 11) is 0. The van der Waals surface area contributed by atoms with Crippen molar-refractivity contribution in [2.24, 2.45) is 5.73 Å². The number of nitrogens with zero attached hydrogens (tertiary/aromatic N) is 3. The molecule has 4 nitrogen and oxygen atoms in total. The summed E-state index contributed by atoms with van der Waals surface area (Å²) in [6.45, 7) is 5.89. The fourth-order valence-electron chi connectivity index (χ4n) is 3.41. The van der Waals surface area contributed by atoms with Gasteiger partial charge in [0.15, 0.2) is 0 Å². The fraction of sp³-hybridized carbons (Fsp3) is 0.368. The summed E-state index contributed by atoms with van der Waals surface area (Å²) in [5.74, 6) is 0. The lowest BCUT2D eigenvalue weighted by Crippen LogP contribution is -2.45. The van der Waals surface area contributed by atoms with Crippen LogP contribution in [0, 0.1) is 0 Å². The second-order valence-electron chi connectivity index (χ2n) is 6.13. The molecular weight excluding hydrogens is 284 g/mol. The van der Waals surface area contributed by atoms with Crippen molar-refractivity contribution in [2.75, 3.05) is 13.1 Å². The Morgan fingerprint density at radius 3 is 2.87 bits per heavy atom. The molecule has 1 fully saturated rings. The van der Waals surface area contributed by atoms with Crippen molar-refractivity contribution in [1.29, 1.82) is 0 Å². The Kier molecular flexibility index (Phi) is 5.16. The Morgan fingerprint density at radius 1 is 1.26 bits per heavy atom. The van der Waals surface area contributed by atoms with E-state index in [0.29, 0.717) is 6.04 Å². The zero-order valence-corrected chi connectivity index (χ0v) is 13.4. The molecule has 3 rings (SSSR count). The number of hydrogen-bond acceptors (Lipinski definition) is 4. The van der Waals surface area contributed by atoms with Gasteiger partial charge in [-0.15, -0.1) is 6.58 Å². The molecule has 120 valence electrons. The third-order valence-corrected chi connectivity index (χ3v) is 4.61. The van der Waals surface area contributed by atoms with Gasteiger partial charge >= 0.3 is 0 Å². The molecule has 1 aliphatic heterocycles. The molecule has 0 saturated carbocycles. The molecule has 0 unspecified atom stereocenters. The number of piperidine rings is 1. The predicted molar refractivity (Wildman–Crippen MR) is 93.8 cm³/mol. The van der Waals surface area contributed by atoms with E-state index in [1.54, 1.807) is 6.33 Å². The van der Waals surface area contributed by atoms with E-state index in [4.69, 9.17) is 5.73 Å². The molecule has 23 heavy (non-hydrogen) atoms. The minimum atomic E-state index is 0.0137. The van der Waals surface area contributed by atoms with E-state index in [-0.39, 0.29) is 6.04 Å². The molecule has 1 aromatic carbocycles. The smallest absolute Gasteiger partial charge is 0.115 e. The van der Waals surface area contributed by atoms with Crippen LogP contribution in [0.15, 0.2) is 55.6 Å². The monoisotopic (exact) mass is 308 g/mol. The quantitative estimate of drug-likeness (QED) is 0.862. The minimum absolute atomic E-state index is 0.0137. The third kappa shape index (κ3) is 3.66. The first-order valence-corrected chi connectivity index (χ1v) is 8.25. The van der Waals surface area contributed by atoms with Crippen LogP contribution in [0.1, 0.15) is 30.9 Å². The first kappa shape index (κ1) is 15.8. The second-order valence-corrected chi connectivity index (χ2v) is 6.13. The Labute approximate surface area is 138 Å². The molecule has 0 amide bonds. The van der Waals surface area contributed by atoms with E-state index in [9.17, 15) is 0 Å². The van der Waals surface area contributed by atoms with Crippen LogP contribution in [0.2, 0.25) is 0 Å². The van der Waals surface area contributed by atoms with E-state index in [1.165, 1.54) is 18.4 Å². The topological polar surface area (TPSA) is 55.0 Å². The second kappa shape index (κ2) is 7.49. The van der Waals surface area contributed by atoms with Gasteiger partial charge in [0.25, 0.3) is 0 Å². The van der Waals surface area contributed by atoms with Gasteiger partial charge in [0.05, 0.1) is 0 Å². The van der Waals surface area contributed by atoms with Crippen LogP contribution in [0.4, 0.5) is 0 Å². The molecule has 1 saturated heterocycles. The summed E-state index contributed by atoms with van der Waals surface area (Å²) in [6.07, 6.45) is 10.8. The van der Waals surface area contributed by atoms with Crippen molar-refractivity contribution in [2.45, 2.75) is 31.3 Å². The molecule has 0 radical (unpaired) electrons. The van der Waals surface area contributed by atoms with Crippen molar-refractivity contribution in [3.05, 3.63) is 61.2 Å². The number of likely N-dealkylation sites (tertiary alicyclic amines) is 1. The molecular formula is C19H24N4. The molecule has 4 heteroatoms. The summed E-state index contributed by atoms with van der Waals surface area (Å²) >= 11 is 0. The van der Waals surface area contributed by atoms with Crippen LogP contribution in [-0.2, 0) is 0 Å². The van der Waals surface area contributed by atoms with Crippen LogP contribution >= 0.6 is 0 Å². The lowest BCUT2D eigenvalue weighted by Gasteiger charge is -2.38. The summed E-state index contributed by atoms with van der Waals surface area (Å²) in [6, 6.07) is 8.84. The summed E-state index contributed by atoms with van der Waals surface area (Å²) in [4.78, 5) is 10.7. The van der Waals surface area contributed by atoms with Crippen molar-refractivity contribution >= 4 is 0 Å². The average molecular weight is 308 g/mol. The molecule has 1 aromatic heterocycles. The van der Waals surface area contributed by atoms with Crippen molar-refractivity contribution in [1.82, 2.24) is 14.9 Å². The molecule has 2 atom stereocenters. The van der Waals surface area contributed by atoms with Gasteiger partial charge in [-0.25, -0.2) is 9.97 Å². The maximum atomic E-state index is 6.63. The van der Waals surface area contributed by atoms with Gasteiger partial charge in [-0.05, 0) is 36.6 Å². The standard InChI is InChI=1S/C19H24N4/c1-2-9-23-10-4-3-8-18(23)19(20)16-7-5-6-15(11-16)17-12-21-14-22-13-17/h2,5-7,11-14,18-19H,1,3-4,8-10,20H2/t18-,19-/m0/s1. The van der Waals surface area contributed by atoms with Crippen molar-refractivity contribution in [3.8, 4) is 11.1 Å². The molecule has 2 aromatic rings. The highest BCUT2D eigenvalue weighted by atomic mass is 15.2. The number of nitrogens with two attached hydrogens (primary N) is 1. The highest BCUT2D eigenvalue weighted by Crippen LogP contribution is 2.29. The molecule has 0 aliphatic carbocycles. The van der Waals surface area contributed by atoms with Gasteiger partial charge in [-0.3, -0.25) is 4.90 Å². The lowest BCUT2D eigenvalue weighted by molar-refractivity contribution is 0.141. The highest BCUT2D eigenvalue weighted by molar-refractivity contribution is 5.62. The van der Waals surface area contributed by atoms with Gasteiger partial charge < -0.3 is 5.73 Å². The van der Waals surface area contributed by atoms with Gasteiger partial charge in [0, 0.05) is 36.6 Å². The summed E-state index contributed by atoms with van der Waals surface area (Å²) < 4.78 is 0. The van der Waals surface area contributed by atoms with Gasteiger partial charge in [0.2, 0.25) is 0 Å². The van der Waals surface area contributed by atoms with E-state index in [0.717, 1.165) is 30.6 Å². The normalized spacial score (nSPS) is 20.1. The maximum Gasteiger partial charge on any atom is 0.115 e. The first-order chi connectivity index (χ1) is 11.3. The zero-order valence-electron chi connectivity index (χ0n) is 13.4. The van der Waals surface area contributed by atoms with E-state index >= 15 is 0 Å². The maximum absolute atomic E-state index is 6.63. The average Bonchev–Trinajstić information content (AvgIpc) is 2.63. The van der Waals surface area contributed by atoms with E-state index in [2.05, 4.69) is 45.7 Å². The fourth-order valence-corrected chi connectivity index (χ4v) is 3.41. The van der Waals surface area contributed by atoms with Crippen LogP contribution in [0.5, 0.6) is 0 Å². The minimum Gasteiger partial charge on any atom is -0.323 e. The Hall–Kier alpha value is -2.04. The van der Waals surface area contributed by atoms with E-state index in [1.807, 2.05) is 18.5 Å². The summed E-state index contributed by atoms with van der Waals surface area (Å²) in [5.41, 5.74) is 9.94. The lowest BCUT2D eigenvalue weighted by atomic mass is 9.90. The largest absolute Gasteiger partial charge is 0.323 e. The number of aromatic nitrogens is 2. The molecule has 1 aliphatic rings. The Balaban J connectivity index is 1.84. The predicted octanol–water partition coefficient (Wildman–Crippen LogP) is 3.18. The van der Waals surface area contributed by atoms with Crippen molar-refractivity contribution in [3.63, 3.8) is 0 Å². The molecule has 2 N–H and O–H groups in total. The van der Waals surface area contributed by atoms with Crippen LogP contribution in [-0.4, -0.2) is 34.0 Å². The third-order valence-electron chi connectivity index (χ3n) is 4.61. The Morgan fingerprint density at radius 2 is 2.09 bits per heavy atom. The van der Waals surface area contributed by atoms with E-state index < -0.39 is 0 Å². The number of benzene rings is 1. The number of hydrogen-bond donors (Lipinski definition) is 1. The first-order valence-electron chi connectivity index (χ1n) is 8.25. The summed E-state index contributed by atoms with van der Waals surface area (Å²) in [5, 5.41) is 0.